The summed E-state index contributed by atoms with van der Waals surface area (Å²) in [5, 5.41) is 0. The van der Waals surface area contributed by atoms with Crippen molar-refractivity contribution in [1.29, 1.82) is 0 Å². The molecule has 0 saturated carbocycles. The van der Waals surface area contributed by atoms with Gasteiger partial charge in [-0.05, 0) is 17.9 Å². The predicted octanol–water partition coefficient (Wildman–Crippen LogP) is 4.81. The van der Waals surface area contributed by atoms with Gasteiger partial charge in [-0.15, -0.1) is 6.58 Å². The van der Waals surface area contributed by atoms with Crippen LogP contribution < -0.4 is 4.90 Å². The quantitative estimate of drug-likeness (QED) is 0.656. The predicted molar refractivity (Wildman–Crippen MR) is 81.5 cm³/mol. The summed E-state index contributed by atoms with van der Waals surface area (Å²) in [6, 6.07) is 1.24. The molecule has 0 amide bonds. The Balaban J connectivity index is 3.16. The lowest BCUT2D eigenvalue weighted by atomic mass is 10.1. The van der Waals surface area contributed by atoms with E-state index in [2.05, 4.69) is 34.3 Å². The van der Waals surface area contributed by atoms with E-state index in [4.69, 9.17) is 0 Å². The van der Waals surface area contributed by atoms with Crippen LogP contribution in [0.25, 0.3) is 0 Å². The van der Waals surface area contributed by atoms with Gasteiger partial charge in [-0.25, -0.2) is 0 Å². The van der Waals surface area contributed by atoms with Crippen molar-refractivity contribution < 1.29 is 13.2 Å². The molecule has 2 nitrogen and oxygen atoms in total. The number of halogens is 3. The summed E-state index contributed by atoms with van der Waals surface area (Å²) < 4.78 is 40.5. The lowest BCUT2D eigenvalue weighted by Gasteiger charge is -2.27. The molecule has 1 heterocycles. The molecule has 0 aliphatic rings. The SMILES string of the molecule is C=CCn1cc(N(CC(C)C)CC(C)C)cc1C(F)(F)F. The molecule has 0 N–H and O–H groups in total. The van der Waals surface area contributed by atoms with Crippen molar-refractivity contribution in [3.05, 3.63) is 30.6 Å². The fraction of sp³-hybridized carbons (Fsp3) is 0.625. The Morgan fingerprint density at radius 2 is 1.71 bits per heavy atom. The molecule has 0 aromatic carbocycles. The molecule has 0 fully saturated rings. The molecule has 0 saturated heterocycles. The van der Waals surface area contributed by atoms with Crippen LogP contribution in [-0.2, 0) is 12.7 Å². The summed E-state index contributed by atoms with van der Waals surface area (Å²) in [6.45, 7) is 13.4. The zero-order valence-electron chi connectivity index (χ0n) is 13.2. The standard InChI is InChI=1S/C16H25F3N2/c1-6-7-20-11-14(8-15(20)16(17,18)19)21(9-12(2)3)10-13(4)5/h6,8,11-13H,1,7,9-10H2,2-5H3. The Morgan fingerprint density at radius 1 is 1.19 bits per heavy atom. The van der Waals surface area contributed by atoms with E-state index in [1.54, 1.807) is 6.20 Å². The maximum atomic E-state index is 13.1. The maximum absolute atomic E-state index is 13.1. The van der Waals surface area contributed by atoms with Crippen molar-refractivity contribution in [2.24, 2.45) is 11.8 Å². The number of anilines is 1. The van der Waals surface area contributed by atoms with Crippen LogP contribution in [0.4, 0.5) is 18.9 Å². The van der Waals surface area contributed by atoms with Crippen molar-refractivity contribution in [2.45, 2.75) is 40.4 Å². The van der Waals surface area contributed by atoms with Crippen LogP contribution in [0.1, 0.15) is 33.4 Å². The van der Waals surface area contributed by atoms with E-state index in [0.29, 0.717) is 17.5 Å². The third-order valence-electron chi connectivity index (χ3n) is 3.03. The third kappa shape index (κ3) is 5.14. The lowest BCUT2D eigenvalue weighted by molar-refractivity contribution is -0.143. The first-order valence-corrected chi connectivity index (χ1v) is 7.28. The molecular weight excluding hydrogens is 277 g/mol. The van der Waals surface area contributed by atoms with Gasteiger partial charge in [0.2, 0.25) is 0 Å². The zero-order valence-corrected chi connectivity index (χ0v) is 13.2. The minimum Gasteiger partial charge on any atom is -0.370 e. The van der Waals surface area contributed by atoms with Crippen LogP contribution in [0.3, 0.4) is 0 Å². The van der Waals surface area contributed by atoms with Gasteiger partial charge in [0.05, 0.1) is 5.69 Å². The molecule has 0 bridgehead atoms. The molecule has 5 heteroatoms. The largest absolute Gasteiger partial charge is 0.431 e. The second kappa shape index (κ2) is 7.05. The molecule has 0 unspecified atom stereocenters. The molecule has 21 heavy (non-hydrogen) atoms. The molecule has 1 aromatic rings. The van der Waals surface area contributed by atoms with Crippen LogP contribution >= 0.6 is 0 Å². The first-order chi connectivity index (χ1) is 9.65. The van der Waals surface area contributed by atoms with Gasteiger partial charge in [-0.2, -0.15) is 13.2 Å². The molecule has 0 radical (unpaired) electrons. The van der Waals surface area contributed by atoms with E-state index in [-0.39, 0.29) is 6.54 Å². The monoisotopic (exact) mass is 302 g/mol. The molecule has 0 aliphatic carbocycles. The van der Waals surface area contributed by atoms with Gasteiger partial charge in [-0.3, -0.25) is 0 Å². The normalized spacial score (nSPS) is 12.2. The average Bonchev–Trinajstić information content (AvgIpc) is 2.71. The highest BCUT2D eigenvalue weighted by molar-refractivity contribution is 5.48. The summed E-state index contributed by atoms with van der Waals surface area (Å²) in [4.78, 5) is 2.03. The van der Waals surface area contributed by atoms with E-state index in [1.807, 2.05) is 4.90 Å². The molecule has 0 aliphatic heterocycles. The Morgan fingerprint density at radius 3 is 2.10 bits per heavy atom. The highest BCUT2D eigenvalue weighted by Crippen LogP contribution is 2.34. The lowest BCUT2D eigenvalue weighted by Crippen LogP contribution is -2.31. The molecule has 1 aromatic heterocycles. The first kappa shape index (κ1) is 17.7. The first-order valence-electron chi connectivity index (χ1n) is 7.28. The average molecular weight is 302 g/mol. The molecular formula is C16H25F3N2. The van der Waals surface area contributed by atoms with E-state index in [0.717, 1.165) is 13.1 Å². The highest BCUT2D eigenvalue weighted by atomic mass is 19.4. The number of alkyl halides is 3. The Bertz CT molecular complexity index is 449. The van der Waals surface area contributed by atoms with Crippen LogP contribution in [0, 0.1) is 11.8 Å². The Hall–Kier alpha value is -1.39. The zero-order chi connectivity index (χ0) is 16.2. The molecule has 120 valence electrons. The van der Waals surface area contributed by atoms with Gasteiger partial charge in [-0.1, -0.05) is 33.8 Å². The van der Waals surface area contributed by atoms with Crippen LogP contribution in [0.5, 0.6) is 0 Å². The number of aromatic nitrogens is 1. The number of nitrogens with zero attached hydrogens (tertiary/aromatic N) is 2. The van der Waals surface area contributed by atoms with Gasteiger partial charge in [0, 0.05) is 25.8 Å². The van der Waals surface area contributed by atoms with E-state index < -0.39 is 11.9 Å². The Labute approximate surface area is 125 Å². The van der Waals surface area contributed by atoms with Gasteiger partial charge in [0.25, 0.3) is 0 Å². The van der Waals surface area contributed by atoms with Crippen LogP contribution in [0.15, 0.2) is 24.9 Å². The minimum atomic E-state index is -4.34. The van der Waals surface area contributed by atoms with Gasteiger partial charge >= 0.3 is 6.18 Å². The van der Waals surface area contributed by atoms with Crippen molar-refractivity contribution >= 4 is 5.69 Å². The number of hydrogen-bond acceptors (Lipinski definition) is 1. The summed E-state index contributed by atoms with van der Waals surface area (Å²) in [5.74, 6) is 0.779. The number of allylic oxidation sites excluding steroid dienone is 1. The Kier molecular flexibility index (Phi) is 5.93. The van der Waals surface area contributed by atoms with E-state index >= 15 is 0 Å². The second-order valence-corrected chi connectivity index (χ2v) is 6.22. The minimum absolute atomic E-state index is 0.159. The topological polar surface area (TPSA) is 8.17 Å². The fourth-order valence-corrected chi connectivity index (χ4v) is 2.36. The summed E-state index contributed by atoms with van der Waals surface area (Å²) >= 11 is 0. The van der Waals surface area contributed by atoms with Crippen molar-refractivity contribution in [2.75, 3.05) is 18.0 Å². The van der Waals surface area contributed by atoms with Crippen molar-refractivity contribution in [3.63, 3.8) is 0 Å². The second-order valence-electron chi connectivity index (χ2n) is 6.22. The van der Waals surface area contributed by atoms with Gasteiger partial charge in [0.1, 0.15) is 5.69 Å². The van der Waals surface area contributed by atoms with Crippen molar-refractivity contribution in [3.8, 4) is 0 Å². The van der Waals surface area contributed by atoms with Gasteiger partial charge < -0.3 is 9.47 Å². The van der Waals surface area contributed by atoms with Gasteiger partial charge in [0.15, 0.2) is 0 Å². The maximum Gasteiger partial charge on any atom is 0.431 e. The summed E-state index contributed by atoms with van der Waals surface area (Å²) in [5.41, 5.74) is 0.0153. The fourth-order valence-electron chi connectivity index (χ4n) is 2.36. The van der Waals surface area contributed by atoms with Crippen LogP contribution in [-0.4, -0.2) is 17.7 Å². The number of hydrogen-bond donors (Lipinski definition) is 0. The van der Waals surface area contributed by atoms with Crippen LogP contribution in [0.2, 0.25) is 0 Å². The number of rotatable bonds is 7. The summed E-state index contributed by atoms with van der Waals surface area (Å²) in [6.07, 6.45) is -1.29. The molecule has 0 spiro atoms. The molecule has 0 atom stereocenters. The highest BCUT2D eigenvalue weighted by Gasteiger charge is 2.35. The molecule has 1 rings (SSSR count). The smallest absolute Gasteiger partial charge is 0.370 e. The summed E-state index contributed by atoms with van der Waals surface area (Å²) in [7, 11) is 0. The van der Waals surface area contributed by atoms with E-state index in [9.17, 15) is 13.2 Å². The van der Waals surface area contributed by atoms with Crippen molar-refractivity contribution in [1.82, 2.24) is 4.57 Å². The third-order valence-corrected chi connectivity index (χ3v) is 3.03. The van der Waals surface area contributed by atoms with E-state index in [1.165, 1.54) is 16.7 Å².